The number of esters is 1. The number of aryl methyl sites for hydroxylation is 2. The number of thiophene rings is 1. The quantitative estimate of drug-likeness (QED) is 0.883. The van der Waals surface area contributed by atoms with E-state index < -0.39 is 0 Å². The number of rotatable bonds is 4. The van der Waals surface area contributed by atoms with Crippen LogP contribution in [0.3, 0.4) is 0 Å². The maximum atomic E-state index is 12.2. The van der Waals surface area contributed by atoms with Gasteiger partial charge in [0.2, 0.25) is 0 Å². The van der Waals surface area contributed by atoms with E-state index in [0.29, 0.717) is 12.1 Å². The summed E-state index contributed by atoms with van der Waals surface area (Å²) in [7, 11) is 1.36. The lowest BCUT2D eigenvalue weighted by atomic mass is 10.1. The van der Waals surface area contributed by atoms with Gasteiger partial charge in [0.1, 0.15) is 0 Å². The van der Waals surface area contributed by atoms with Crippen LogP contribution in [0.4, 0.5) is 0 Å². The third kappa shape index (κ3) is 3.04. The monoisotopic (exact) mass is 315 g/mol. The van der Waals surface area contributed by atoms with Crippen molar-refractivity contribution in [2.24, 2.45) is 0 Å². The molecular weight excluding hydrogens is 298 g/mol. The predicted octanol–water partition coefficient (Wildman–Crippen LogP) is 2.95. The molecule has 0 radical (unpaired) electrons. The van der Waals surface area contributed by atoms with Crippen LogP contribution in [0.1, 0.15) is 42.5 Å². The smallest absolute Gasteiger partial charge is 0.337 e. The van der Waals surface area contributed by atoms with Crippen LogP contribution in [0.2, 0.25) is 0 Å². The van der Waals surface area contributed by atoms with Crippen molar-refractivity contribution in [1.82, 2.24) is 5.32 Å². The van der Waals surface area contributed by atoms with Gasteiger partial charge in [-0.25, -0.2) is 4.79 Å². The summed E-state index contributed by atoms with van der Waals surface area (Å²) in [6, 6.07) is 9.06. The van der Waals surface area contributed by atoms with Gasteiger partial charge in [0.05, 0.1) is 17.6 Å². The molecule has 1 aliphatic rings. The summed E-state index contributed by atoms with van der Waals surface area (Å²) in [6.07, 6.45) is 3.39. The number of benzene rings is 1. The molecule has 4 nitrogen and oxygen atoms in total. The standard InChI is InChI=1S/C17H17NO3S/c1-21-17(20)12-7-5-11(6-8-12)10-18-16(19)15-9-13-3-2-4-14(13)22-15/h5-9H,2-4,10H2,1H3,(H,18,19). The molecule has 0 fully saturated rings. The van der Waals surface area contributed by atoms with Gasteiger partial charge in [-0.1, -0.05) is 12.1 Å². The molecule has 0 unspecified atom stereocenters. The molecule has 5 heteroatoms. The lowest BCUT2D eigenvalue weighted by Gasteiger charge is -2.05. The zero-order valence-corrected chi connectivity index (χ0v) is 13.2. The Hall–Kier alpha value is -2.14. The third-order valence-corrected chi connectivity index (χ3v) is 5.03. The van der Waals surface area contributed by atoms with Gasteiger partial charge in [-0.2, -0.15) is 0 Å². The minimum atomic E-state index is -0.358. The molecule has 2 aromatic rings. The summed E-state index contributed by atoms with van der Waals surface area (Å²) in [6.45, 7) is 0.447. The maximum absolute atomic E-state index is 12.2. The second-order valence-electron chi connectivity index (χ2n) is 5.28. The van der Waals surface area contributed by atoms with Crippen LogP contribution < -0.4 is 5.32 Å². The van der Waals surface area contributed by atoms with Crippen molar-refractivity contribution in [3.8, 4) is 0 Å². The van der Waals surface area contributed by atoms with Crippen molar-refractivity contribution < 1.29 is 14.3 Å². The lowest BCUT2D eigenvalue weighted by Crippen LogP contribution is -2.21. The average Bonchev–Trinajstić information content (AvgIpc) is 3.14. The Bertz CT molecular complexity index is 682. The molecule has 0 saturated carbocycles. The molecule has 0 spiro atoms. The van der Waals surface area contributed by atoms with E-state index in [1.54, 1.807) is 23.5 Å². The second-order valence-corrected chi connectivity index (χ2v) is 6.42. The molecule has 0 bridgehead atoms. The number of carbonyl (C=O) groups is 2. The Labute approximate surface area is 133 Å². The van der Waals surface area contributed by atoms with E-state index >= 15 is 0 Å². The Kier molecular flexibility index (Phi) is 4.24. The number of hydrogen-bond donors (Lipinski definition) is 1. The third-order valence-electron chi connectivity index (χ3n) is 3.80. The SMILES string of the molecule is COC(=O)c1ccc(CNC(=O)c2cc3c(s2)CCC3)cc1. The van der Waals surface area contributed by atoms with Crippen LogP contribution >= 0.6 is 11.3 Å². The summed E-state index contributed by atoms with van der Waals surface area (Å²) in [4.78, 5) is 25.7. The van der Waals surface area contributed by atoms with Crippen LogP contribution in [0.25, 0.3) is 0 Å². The highest BCUT2D eigenvalue weighted by atomic mass is 32.1. The molecule has 1 aromatic carbocycles. The van der Waals surface area contributed by atoms with Crippen LogP contribution in [-0.4, -0.2) is 19.0 Å². The zero-order valence-electron chi connectivity index (χ0n) is 12.3. The molecule has 0 saturated heterocycles. The molecule has 1 N–H and O–H groups in total. The first-order chi connectivity index (χ1) is 10.7. The van der Waals surface area contributed by atoms with Crippen LogP contribution in [-0.2, 0) is 24.1 Å². The highest BCUT2D eigenvalue weighted by Gasteiger charge is 2.18. The van der Waals surface area contributed by atoms with Crippen LogP contribution in [0.5, 0.6) is 0 Å². The van der Waals surface area contributed by atoms with Gasteiger partial charge in [-0.15, -0.1) is 11.3 Å². The first kappa shape index (κ1) is 14.8. The van der Waals surface area contributed by atoms with Gasteiger partial charge in [-0.05, 0) is 48.6 Å². The van der Waals surface area contributed by atoms with E-state index in [9.17, 15) is 9.59 Å². The molecule has 114 valence electrons. The Morgan fingerprint density at radius 2 is 2.00 bits per heavy atom. The van der Waals surface area contributed by atoms with Gasteiger partial charge in [0, 0.05) is 11.4 Å². The van der Waals surface area contributed by atoms with Crippen molar-refractivity contribution in [1.29, 1.82) is 0 Å². The highest BCUT2D eigenvalue weighted by Crippen LogP contribution is 2.30. The predicted molar refractivity (Wildman–Crippen MR) is 85.3 cm³/mol. The fourth-order valence-corrected chi connectivity index (χ4v) is 3.76. The summed E-state index contributed by atoms with van der Waals surface area (Å²) in [5.74, 6) is -0.389. The highest BCUT2D eigenvalue weighted by molar-refractivity contribution is 7.14. The van der Waals surface area contributed by atoms with Gasteiger partial charge in [-0.3, -0.25) is 4.79 Å². The Morgan fingerprint density at radius 3 is 2.68 bits per heavy atom. The van der Waals surface area contributed by atoms with E-state index in [1.807, 2.05) is 18.2 Å². The fourth-order valence-electron chi connectivity index (χ4n) is 2.59. The van der Waals surface area contributed by atoms with E-state index in [0.717, 1.165) is 23.3 Å². The summed E-state index contributed by atoms with van der Waals surface area (Å²) < 4.78 is 4.65. The number of nitrogens with one attached hydrogen (secondary N) is 1. The molecule has 3 rings (SSSR count). The van der Waals surface area contributed by atoms with E-state index in [-0.39, 0.29) is 11.9 Å². The first-order valence-corrected chi connectivity index (χ1v) is 8.06. The maximum Gasteiger partial charge on any atom is 0.337 e. The van der Waals surface area contributed by atoms with Crippen molar-refractivity contribution in [3.05, 3.63) is 56.8 Å². The Balaban J connectivity index is 1.59. The van der Waals surface area contributed by atoms with E-state index in [4.69, 9.17) is 0 Å². The van der Waals surface area contributed by atoms with Gasteiger partial charge >= 0.3 is 5.97 Å². The van der Waals surface area contributed by atoms with Crippen molar-refractivity contribution >= 4 is 23.2 Å². The molecule has 1 amide bonds. The number of ether oxygens (including phenoxy) is 1. The molecule has 22 heavy (non-hydrogen) atoms. The van der Waals surface area contributed by atoms with Gasteiger partial charge in [0.15, 0.2) is 0 Å². The number of amides is 1. The molecule has 0 atom stereocenters. The summed E-state index contributed by atoms with van der Waals surface area (Å²) >= 11 is 1.60. The molecule has 1 aromatic heterocycles. The van der Waals surface area contributed by atoms with E-state index in [2.05, 4.69) is 10.1 Å². The number of fused-ring (bicyclic) bond motifs is 1. The summed E-state index contributed by atoms with van der Waals surface area (Å²) in [5, 5.41) is 2.92. The van der Waals surface area contributed by atoms with Crippen molar-refractivity contribution in [2.75, 3.05) is 7.11 Å². The molecular formula is C17H17NO3S. The molecule has 1 aliphatic carbocycles. The zero-order chi connectivity index (χ0) is 15.5. The van der Waals surface area contributed by atoms with Crippen molar-refractivity contribution in [2.45, 2.75) is 25.8 Å². The Morgan fingerprint density at radius 1 is 1.23 bits per heavy atom. The normalized spacial score (nSPS) is 12.8. The average molecular weight is 315 g/mol. The lowest BCUT2D eigenvalue weighted by molar-refractivity contribution is 0.0600. The van der Waals surface area contributed by atoms with Crippen LogP contribution in [0, 0.1) is 0 Å². The van der Waals surface area contributed by atoms with Crippen molar-refractivity contribution in [3.63, 3.8) is 0 Å². The van der Waals surface area contributed by atoms with E-state index in [1.165, 1.54) is 24.0 Å². The molecule has 0 aliphatic heterocycles. The largest absolute Gasteiger partial charge is 0.465 e. The number of hydrogen-bond acceptors (Lipinski definition) is 4. The first-order valence-electron chi connectivity index (χ1n) is 7.24. The minimum Gasteiger partial charge on any atom is -0.465 e. The number of methoxy groups -OCH3 is 1. The molecule has 1 heterocycles. The summed E-state index contributed by atoms with van der Waals surface area (Å²) in [5.41, 5.74) is 2.79. The van der Waals surface area contributed by atoms with Gasteiger partial charge in [0.25, 0.3) is 5.91 Å². The number of carbonyl (C=O) groups excluding carboxylic acids is 2. The van der Waals surface area contributed by atoms with Gasteiger partial charge < -0.3 is 10.1 Å². The topological polar surface area (TPSA) is 55.4 Å². The second kappa shape index (κ2) is 6.32. The fraction of sp³-hybridized carbons (Fsp3) is 0.294. The minimum absolute atomic E-state index is 0.0311. The van der Waals surface area contributed by atoms with Crippen LogP contribution in [0.15, 0.2) is 30.3 Å².